The Balaban J connectivity index is 2.81. The topological polar surface area (TPSA) is 68.1 Å². The van der Waals surface area contributed by atoms with Gasteiger partial charge in [-0.25, -0.2) is 0 Å². The van der Waals surface area contributed by atoms with Crippen molar-refractivity contribution >= 4 is 21.6 Å². The summed E-state index contributed by atoms with van der Waals surface area (Å²) in [6.07, 6.45) is 3.07. The highest BCUT2D eigenvalue weighted by Crippen LogP contribution is 2.21. The van der Waals surface area contributed by atoms with Crippen LogP contribution in [-0.4, -0.2) is 22.5 Å². The SMILES string of the molecule is CCNC(CC)Cc1ncc([N+](=O)[O-])cc1Br. The first-order valence-electron chi connectivity index (χ1n) is 5.60. The van der Waals surface area contributed by atoms with Crippen LogP contribution in [0.3, 0.4) is 0 Å². The van der Waals surface area contributed by atoms with E-state index in [1.165, 1.54) is 12.3 Å². The van der Waals surface area contributed by atoms with E-state index in [1.54, 1.807) is 0 Å². The minimum atomic E-state index is -0.441. The van der Waals surface area contributed by atoms with Crippen molar-refractivity contribution < 1.29 is 4.92 Å². The molecule has 1 unspecified atom stereocenters. The van der Waals surface area contributed by atoms with E-state index in [2.05, 4.69) is 40.1 Å². The molecule has 0 radical (unpaired) electrons. The zero-order valence-electron chi connectivity index (χ0n) is 9.94. The Morgan fingerprint density at radius 1 is 1.59 bits per heavy atom. The second-order valence-corrected chi connectivity index (χ2v) is 4.60. The number of nitrogens with one attached hydrogen (secondary N) is 1. The normalized spacial score (nSPS) is 12.4. The van der Waals surface area contributed by atoms with Gasteiger partial charge in [0.15, 0.2) is 0 Å². The van der Waals surface area contributed by atoms with Crippen LogP contribution in [0.1, 0.15) is 26.0 Å². The number of pyridine rings is 1. The Labute approximate surface area is 109 Å². The highest BCUT2D eigenvalue weighted by Gasteiger charge is 2.13. The lowest BCUT2D eigenvalue weighted by Crippen LogP contribution is -2.30. The molecule has 5 nitrogen and oxygen atoms in total. The van der Waals surface area contributed by atoms with E-state index in [4.69, 9.17) is 0 Å². The number of halogens is 1. The molecule has 0 fully saturated rings. The first-order valence-corrected chi connectivity index (χ1v) is 6.40. The maximum absolute atomic E-state index is 10.6. The Kier molecular flexibility index (Phi) is 5.50. The van der Waals surface area contributed by atoms with E-state index in [0.29, 0.717) is 10.5 Å². The molecule has 1 heterocycles. The molecule has 6 heteroatoms. The average Bonchev–Trinajstić information content (AvgIpc) is 2.30. The molecule has 1 N–H and O–H groups in total. The molecule has 0 saturated carbocycles. The summed E-state index contributed by atoms with van der Waals surface area (Å²) in [5, 5.41) is 13.9. The van der Waals surface area contributed by atoms with Crippen molar-refractivity contribution in [2.24, 2.45) is 0 Å². The average molecular weight is 302 g/mol. The fourth-order valence-corrected chi connectivity index (χ4v) is 2.09. The third kappa shape index (κ3) is 4.05. The zero-order valence-corrected chi connectivity index (χ0v) is 11.5. The maximum Gasteiger partial charge on any atom is 0.288 e. The van der Waals surface area contributed by atoms with Crippen molar-refractivity contribution in [1.29, 1.82) is 0 Å². The highest BCUT2D eigenvalue weighted by molar-refractivity contribution is 9.10. The largest absolute Gasteiger partial charge is 0.314 e. The van der Waals surface area contributed by atoms with Crippen LogP contribution in [0.5, 0.6) is 0 Å². The molecule has 0 amide bonds. The van der Waals surface area contributed by atoms with Gasteiger partial charge in [-0.2, -0.15) is 0 Å². The van der Waals surface area contributed by atoms with E-state index in [9.17, 15) is 10.1 Å². The molecule has 1 aromatic rings. The summed E-state index contributed by atoms with van der Waals surface area (Å²) < 4.78 is 0.697. The molecular formula is C11H16BrN3O2. The van der Waals surface area contributed by atoms with E-state index in [1.807, 2.05) is 0 Å². The van der Waals surface area contributed by atoms with Crippen LogP contribution >= 0.6 is 15.9 Å². The predicted molar refractivity (Wildman–Crippen MR) is 70.1 cm³/mol. The van der Waals surface area contributed by atoms with E-state index in [0.717, 1.165) is 25.1 Å². The number of aromatic nitrogens is 1. The summed E-state index contributed by atoms with van der Waals surface area (Å²) in [7, 11) is 0. The molecule has 0 bridgehead atoms. The second-order valence-electron chi connectivity index (χ2n) is 3.75. The lowest BCUT2D eigenvalue weighted by atomic mass is 10.1. The van der Waals surface area contributed by atoms with Crippen molar-refractivity contribution in [1.82, 2.24) is 10.3 Å². The van der Waals surface area contributed by atoms with Gasteiger partial charge < -0.3 is 5.32 Å². The molecule has 0 spiro atoms. The standard InChI is InChI=1S/C11H16BrN3O2/c1-3-8(13-4-2)5-11-10(12)6-9(7-14-11)15(16)17/h6-8,13H,3-5H2,1-2H3. The monoisotopic (exact) mass is 301 g/mol. The van der Waals surface area contributed by atoms with Gasteiger partial charge in [-0.15, -0.1) is 0 Å². The van der Waals surface area contributed by atoms with Gasteiger partial charge in [-0.05, 0) is 28.9 Å². The number of nitrogens with zero attached hydrogens (tertiary/aromatic N) is 2. The fraction of sp³-hybridized carbons (Fsp3) is 0.545. The van der Waals surface area contributed by atoms with Crippen molar-refractivity contribution in [2.75, 3.05) is 6.54 Å². The molecule has 1 rings (SSSR count). The Morgan fingerprint density at radius 3 is 2.76 bits per heavy atom. The van der Waals surface area contributed by atoms with E-state index < -0.39 is 4.92 Å². The lowest BCUT2D eigenvalue weighted by molar-refractivity contribution is -0.385. The van der Waals surface area contributed by atoms with Gasteiger partial charge in [0.1, 0.15) is 6.20 Å². The zero-order chi connectivity index (χ0) is 12.8. The fourth-order valence-electron chi connectivity index (χ4n) is 1.59. The Hall–Kier alpha value is -1.01. The van der Waals surface area contributed by atoms with Gasteiger partial charge in [0, 0.05) is 23.0 Å². The van der Waals surface area contributed by atoms with Gasteiger partial charge in [-0.1, -0.05) is 13.8 Å². The third-order valence-electron chi connectivity index (χ3n) is 2.54. The summed E-state index contributed by atoms with van der Waals surface area (Å²) in [5.74, 6) is 0. The lowest BCUT2D eigenvalue weighted by Gasteiger charge is -2.15. The van der Waals surface area contributed by atoms with Crippen molar-refractivity contribution in [2.45, 2.75) is 32.7 Å². The van der Waals surface area contributed by atoms with Crippen molar-refractivity contribution in [3.8, 4) is 0 Å². The molecule has 17 heavy (non-hydrogen) atoms. The van der Waals surface area contributed by atoms with E-state index >= 15 is 0 Å². The van der Waals surface area contributed by atoms with Crippen LogP contribution in [0, 0.1) is 10.1 Å². The summed E-state index contributed by atoms with van der Waals surface area (Å²) in [6.45, 7) is 5.07. The molecule has 94 valence electrons. The number of rotatable bonds is 6. The van der Waals surface area contributed by atoms with Crippen molar-refractivity contribution in [3.63, 3.8) is 0 Å². The Bertz CT molecular complexity index is 398. The summed E-state index contributed by atoms with van der Waals surface area (Å²) in [4.78, 5) is 14.3. The number of hydrogen-bond donors (Lipinski definition) is 1. The number of likely N-dealkylation sites (N-methyl/N-ethyl adjacent to an activating group) is 1. The van der Waals surface area contributed by atoms with Crippen molar-refractivity contribution in [3.05, 3.63) is 32.5 Å². The minimum absolute atomic E-state index is 0.0112. The summed E-state index contributed by atoms with van der Waals surface area (Å²) in [5.41, 5.74) is 0.862. The van der Waals surface area contributed by atoms with Gasteiger partial charge in [0.05, 0.1) is 10.6 Å². The minimum Gasteiger partial charge on any atom is -0.314 e. The Morgan fingerprint density at radius 2 is 2.29 bits per heavy atom. The molecule has 1 atom stereocenters. The maximum atomic E-state index is 10.6. The molecule has 0 aliphatic rings. The summed E-state index contributed by atoms with van der Waals surface area (Å²) in [6, 6.07) is 1.85. The third-order valence-corrected chi connectivity index (χ3v) is 3.23. The molecule has 0 aliphatic carbocycles. The second kappa shape index (κ2) is 6.66. The van der Waals surface area contributed by atoms with Crippen LogP contribution in [0.4, 0.5) is 5.69 Å². The number of hydrogen-bond acceptors (Lipinski definition) is 4. The van der Waals surface area contributed by atoms with Gasteiger partial charge >= 0.3 is 0 Å². The van der Waals surface area contributed by atoms with E-state index in [-0.39, 0.29) is 5.69 Å². The smallest absolute Gasteiger partial charge is 0.288 e. The van der Waals surface area contributed by atoms with Crippen LogP contribution in [0.25, 0.3) is 0 Å². The molecule has 0 saturated heterocycles. The first kappa shape index (κ1) is 14.1. The van der Waals surface area contributed by atoms with Crippen LogP contribution in [-0.2, 0) is 6.42 Å². The summed E-state index contributed by atoms with van der Waals surface area (Å²) >= 11 is 3.33. The van der Waals surface area contributed by atoms with Crippen LogP contribution in [0.2, 0.25) is 0 Å². The molecular weight excluding hydrogens is 286 g/mol. The first-order chi connectivity index (χ1) is 8.08. The molecule has 1 aromatic heterocycles. The van der Waals surface area contributed by atoms with Gasteiger partial charge in [0.2, 0.25) is 0 Å². The highest BCUT2D eigenvalue weighted by atomic mass is 79.9. The molecule has 0 aliphatic heterocycles. The predicted octanol–water partition coefficient (Wildman–Crippen LogP) is 2.68. The number of nitro groups is 1. The van der Waals surface area contributed by atoms with Crippen LogP contribution < -0.4 is 5.32 Å². The quantitative estimate of drug-likeness (QED) is 0.648. The molecule has 0 aromatic carbocycles. The van der Waals surface area contributed by atoms with Gasteiger partial charge in [0.25, 0.3) is 5.69 Å². The van der Waals surface area contributed by atoms with Gasteiger partial charge in [-0.3, -0.25) is 15.1 Å². The van der Waals surface area contributed by atoms with Crippen LogP contribution in [0.15, 0.2) is 16.7 Å².